The zero-order valence-corrected chi connectivity index (χ0v) is 10.9. The molecule has 0 unspecified atom stereocenters. The van der Waals surface area contributed by atoms with Crippen LogP contribution < -0.4 is 4.90 Å². The number of carbonyl (C=O) groups excluding carboxylic acids is 1. The maximum atomic E-state index is 12.5. The summed E-state index contributed by atoms with van der Waals surface area (Å²) in [5, 5.41) is 1.61. The number of aromatic nitrogens is 1. The predicted octanol–water partition coefficient (Wildman–Crippen LogP) is 2.38. The smallest absolute Gasteiger partial charge is 0.372 e. The predicted molar refractivity (Wildman–Crippen MR) is 61.7 cm³/mol. The summed E-state index contributed by atoms with van der Waals surface area (Å²) in [4.78, 5) is 16.3. The lowest BCUT2D eigenvalue weighted by Gasteiger charge is -2.23. The van der Waals surface area contributed by atoms with Crippen LogP contribution in [0.1, 0.15) is 12.6 Å². The van der Waals surface area contributed by atoms with Gasteiger partial charge in [-0.2, -0.15) is 13.2 Å². The summed E-state index contributed by atoms with van der Waals surface area (Å²) in [5.41, 5.74) is 0.569. The van der Waals surface area contributed by atoms with Crippen LogP contribution >= 0.6 is 11.3 Å². The molecular formula is C10H13F3N2O2S. The Bertz CT molecular complexity index is 420. The summed E-state index contributed by atoms with van der Waals surface area (Å²) in [6.07, 6.45) is -5.43. The second-order valence-electron chi connectivity index (χ2n) is 3.69. The summed E-state index contributed by atoms with van der Waals surface area (Å²) in [6.45, 7) is 1.68. The van der Waals surface area contributed by atoms with E-state index in [4.69, 9.17) is 4.74 Å². The summed E-state index contributed by atoms with van der Waals surface area (Å²) in [5.74, 6) is -0.760. The third-order valence-electron chi connectivity index (χ3n) is 2.14. The Morgan fingerprint density at radius 3 is 2.61 bits per heavy atom. The normalized spacial score (nSPS) is 13.4. The third kappa shape index (κ3) is 3.95. The largest absolute Gasteiger partial charge is 0.406 e. The van der Waals surface area contributed by atoms with Gasteiger partial charge in [0.2, 0.25) is 0 Å². The van der Waals surface area contributed by atoms with Gasteiger partial charge in [0.25, 0.3) is 5.91 Å². The molecule has 0 aliphatic rings. The number of methoxy groups -OCH3 is 1. The summed E-state index contributed by atoms with van der Waals surface area (Å²) >= 11 is 0.993. The van der Waals surface area contributed by atoms with Crippen molar-refractivity contribution in [3.63, 3.8) is 0 Å². The van der Waals surface area contributed by atoms with Gasteiger partial charge in [-0.15, -0.1) is 11.3 Å². The van der Waals surface area contributed by atoms with Crippen LogP contribution in [0.2, 0.25) is 0 Å². The summed E-state index contributed by atoms with van der Waals surface area (Å²) < 4.78 is 42.2. The minimum atomic E-state index is -4.48. The Balaban J connectivity index is 2.99. The molecule has 1 atom stereocenters. The number of hydrogen-bond acceptors (Lipinski definition) is 4. The number of alkyl halides is 3. The van der Waals surface area contributed by atoms with Crippen molar-refractivity contribution in [1.82, 2.24) is 4.98 Å². The van der Waals surface area contributed by atoms with Crippen LogP contribution in [0.4, 0.5) is 18.3 Å². The molecule has 0 aliphatic heterocycles. The first-order chi connectivity index (χ1) is 8.24. The van der Waals surface area contributed by atoms with E-state index in [1.807, 2.05) is 0 Å². The number of thiazole rings is 1. The van der Waals surface area contributed by atoms with Gasteiger partial charge in [-0.05, 0) is 13.8 Å². The maximum Gasteiger partial charge on any atom is 0.406 e. The van der Waals surface area contributed by atoms with E-state index in [2.05, 4.69) is 4.98 Å². The minimum Gasteiger partial charge on any atom is -0.372 e. The number of carbonyl (C=O) groups is 1. The molecule has 0 spiro atoms. The van der Waals surface area contributed by atoms with Crippen molar-refractivity contribution in [3.8, 4) is 0 Å². The monoisotopic (exact) mass is 282 g/mol. The van der Waals surface area contributed by atoms with Gasteiger partial charge in [-0.3, -0.25) is 9.69 Å². The SMILES string of the molecule is CO[C@@H](C)C(=O)N(CC(F)(F)F)c1nc(C)cs1. The lowest BCUT2D eigenvalue weighted by atomic mass is 10.3. The zero-order chi connectivity index (χ0) is 13.9. The number of nitrogens with zero attached hydrogens (tertiary/aromatic N) is 2. The third-order valence-corrected chi connectivity index (χ3v) is 3.12. The van der Waals surface area contributed by atoms with Crippen molar-refractivity contribution in [2.24, 2.45) is 0 Å². The van der Waals surface area contributed by atoms with E-state index in [1.165, 1.54) is 14.0 Å². The average Bonchev–Trinajstić information content (AvgIpc) is 2.69. The highest BCUT2D eigenvalue weighted by Crippen LogP contribution is 2.26. The molecule has 0 fully saturated rings. The molecule has 4 nitrogen and oxygen atoms in total. The minimum absolute atomic E-state index is 0.0266. The highest BCUT2D eigenvalue weighted by atomic mass is 32.1. The number of aryl methyl sites for hydroxylation is 1. The molecular weight excluding hydrogens is 269 g/mol. The van der Waals surface area contributed by atoms with Gasteiger partial charge in [-0.1, -0.05) is 0 Å². The standard InChI is InChI=1S/C10H13F3N2O2S/c1-6-4-18-9(14-6)15(5-10(11,12)13)8(16)7(2)17-3/h4,7H,5H2,1-3H3/t7-/m0/s1. The molecule has 0 bridgehead atoms. The quantitative estimate of drug-likeness (QED) is 0.851. The van der Waals surface area contributed by atoms with Crippen LogP contribution in [0, 0.1) is 6.92 Å². The first kappa shape index (κ1) is 14.9. The van der Waals surface area contributed by atoms with Crippen molar-refractivity contribution in [1.29, 1.82) is 0 Å². The molecule has 1 aromatic rings. The molecule has 1 aromatic heterocycles. The second-order valence-corrected chi connectivity index (χ2v) is 4.53. The van der Waals surface area contributed by atoms with E-state index in [9.17, 15) is 18.0 Å². The lowest BCUT2D eigenvalue weighted by Crippen LogP contribution is -2.44. The molecule has 0 aromatic carbocycles. The number of rotatable bonds is 4. The molecule has 1 amide bonds. The number of halogens is 3. The van der Waals surface area contributed by atoms with Crippen molar-refractivity contribution in [2.45, 2.75) is 26.1 Å². The molecule has 1 rings (SSSR count). The van der Waals surface area contributed by atoms with Gasteiger partial charge < -0.3 is 4.74 Å². The second kappa shape index (κ2) is 5.66. The van der Waals surface area contributed by atoms with Gasteiger partial charge in [0.1, 0.15) is 12.6 Å². The summed E-state index contributed by atoms with van der Waals surface area (Å²) in [7, 11) is 1.27. The number of ether oxygens (including phenoxy) is 1. The van der Waals surface area contributed by atoms with Gasteiger partial charge >= 0.3 is 6.18 Å². The average molecular weight is 282 g/mol. The number of anilines is 1. The van der Waals surface area contributed by atoms with Crippen LogP contribution in [0.5, 0.6) is 0 Å². The molecule has 0 radical (unpaired) electrons. The fourth-order valence-corrected chi connectivity index (χ4v) is 2.01. The van der Waals surface area contributed by atoms with E-state index in [-0.39, 0.29) is 5.13 Å². The van der Waals surface area contributed by atoms with Gasteiger partial charge in [0.15, 0.2) is 5.13 Å². The van der Waals surface area contributed by atoms with Gasteiger partial charge in [0, 0.05) is 12.5 Å². The molecule has 102 valence electrons. The van der Waals surface area contributed by atoms with Crippen LogP contribution in [0.3, 0.4) is 0 Å². The molecule has 18 heavy (non-hydrogen) atoms. The van der Waals surface area contributed by atoms with Crippen LogP contribution in [0.15, 0.2) is 5.38 Å². The molecule has 0 aliphatic carbocycles. The van der Waals surface area contributed by atoms with Crippen LogP contribution in [-0.2, 0) is 9.53 Å². The lowest BCUT2D eigenvalue weighted by molar-refractivity contribution is -0.138. The summed E-state index contributed by atoms with van der Waals surface area (Å²) in [6, 6.07) is 0. The Hall–Kier alpha value is -1.15. The van der Waals surface area contributed by atoms with Gasteiger partial charge in [-0.25, -0.2) is 4.98 Å². The molecule has 1 heterocycles. The fraction of sp³-hybridized carbons (Fsp3) is 0.600. The van der Waals surface area contributed by atoms with E-state index in [0.29, 0.717) is 10.6 Å². The molecule has 0 N–H and O–H groups in total. The number of hydrogen-bond donors (Lipinski definition) is 0. The van der Waals surface area contributed by atoms with E-state index < -0.39 is 24.7 Å². The van der Waals surface area contributed by atoms with Crippen molar-refractivity contribution >= 4 is 22.4 Å². The van der Waals surface area contributed by atoms with E-state index >= 15 is 0 Å². The molecule has 0 saturated heterocycles. The highest BCUT2D eigenvalue weighted by molar-refractivity contribution is 7.14. The Morgan fingerprint density at radius 1 is 1.61 bits per heavy atom. The first-order valence-electron chi connectivity index (χ1n) is 5.07. The Morgan fingerprint density at radius 2 is 2.22 bits per heavy atom. The van der Waals surface area contributed by atoms with Crippen molar-refractivity contribution < 1.29 is 22.7 Å². The van der Waals surface area contributed by atoms with E-state index in [0.717, 1.165) is 11.3 Å². The van der Waals surface area contributed by atoms with Crippen molar-refractivity contribution in [2.75, 3.05) is 18.6 Å². The fourth-order valence-electron chi connectivity index (χ4n) is 1.20. The topological polar surface area (TPSA) is 42.4 Å². The molecule has 0 saturated carbocycles. The van der Waals surface area contributed by atoms with Crippen LogP contribution in [-0.4, -0.2) is 36.8 Å². The van der Waals surface area contributed by atoms with Crippen molar-refractivity contribution in [3.05, 3.63) is 11.1 Å². The van der Waals surface area contributed by atoms with Crippen LogP contribution in [0.25, 0.3) is 0 Å². The first-order valence-corrected chi connectivity index (χ1v) is 5.95. The van der Waals surface area contributed by atoms with Gasteiger partial charge in [0.05, 0.1) is 5.69 Å². The highest BCUT2D eigenvalue weighted by Gasteiger charge is 2.36. The number of amides is 1. The van der Waals surface area contributed by atoms with E-state index in [1.54, 1.807) is 12.3 Å². The Kier molecular flexibility index (Phi) is 4.69. The zero-order valence-electron chi connectivity index (χ0n) is 10.1. The Labute approximate surface area is 106 Å². The molecule has 8 heteroatoms. The maximum absolute atomic E-state index is 12.5.